The highest BCUT2D eigenvalue weighted by atomic mass is 16.6. The first-order valence-corrected chi connectivity index (χ1v) is 16.0. The number of ether oxygens (including phenoxy) is 4. The van der Waals surface area contributed by atoms with Crippen molar-refractivity contribution in [1.82, 2.24) is 15.0 Å². The van der Waals surface area contributed by atoms with Gasteiger partial charge in [0.05, 0.1) is 39.5 Å². The molecule has 10 nitrogen and oxygen atoms in total. The maximum Gasteiger partial charge on any atom is 0.308 e. The highest BCUT2D eigenvalue weighted by Gasteiger charge is 2.46. The summed E-state index contributed by atoms with van der Waals surface area (Å²) in [6.07, 6.45) is 7.41. The lowest BCUT2D eigenvalue weighted by Crippen LogP contribution is -2.27. The van der Waals surface area contributed by atoms with Crippen molar-refractivity contribution in [2.24, 2.45) is 0 Å². The van der Waals surface area contributed by atoms with Gasteiger partial charge in [-0.15, -0.1) is 0 Å². The molecular weight excluding hydrogens is 558 g/mol. The first-order valence-electron chi connectivity index (χ1n) is 16.0. The van der Waals surface area contributed by atoms with Gasteiger partial charge in [0.15, 0.2) is 5.82 Å². The third-order valence-electron chi connectivity index (χ3n) is 7.92. The lowest BCUT2D eigenvalue weighted by atomic mass is 10.0. The van der Waals surface area contributed by atoms with Gasteiger partial charge in [-0.1, -0.05) is 37.3 Å². The number of nitrogens with zero attached hydrogens (tertiary/aromatic N) is 4. The van der Waals surface area contributed by atoms with E-state index in [0.29, 0.717) is 51.8 Å². The molecule has 0 bridgehead atoms. The minimum atomic E-state index is -0.401. The van der Waals surface area contributed by atoms with Gasteiger partial charge in [-0.25, -0.2) is 9.97 Å². The Morgan fingerprint density at radius 1 is 0.886 bits per heavy atom. The third kappa shape index (κ3) is 9.70. The van der Waals surface area contributed by atoms with Gasteiger partial charge in [-0.05, 0) is 55.4 Å². The molecule has 1 aliphatic heterocycles. The second-order valence-corrected chi connectivity index (χ2v) is 11.3. The van der Waals surface area contributed by atoms with Gasteiger partial charge in [0.1, 0.15) is 22.9 Å². The molecule has 3 aromatic rings. The van der Waals surface area contributed by atoms with Crippen molar-refractivity contribution in [3.8, 4) is 11.5 Å². The fourth-order valence-electron chi connectivity index (χ4n) is 5.29. The molecular formula is C34H45N5O5. The van der Waals surface area contributed by atoms with E-state index in [0.717, 1.165) is 69.1 Å². The average molecular weight is 604 g/mol. The lowest BCUT2D eigenvalue weighted by molar-refractivity contribution is -0.152. The second kappa shape index (κ2) is 16.5. The zero-order valence-electron chi connectivity index (χ0n) is 25.8. The molecule has 1 saturated carbocycles. The van der Waals surface area contributed by atoms with Gasteiger partial charge in [-0.3, -0.25) is 9.78 Å². The molecule has 236 valence electrons. The molecule has 1 N–H and O–H groups in total. The molecule has 5 rings (SSSR count). The summed E-state index contributed by atoms with van der Waals surface area (Å²) < 4.78 is 22.2. The standard InChI is InChI=1S/C34H45N5O5/c1-2-20-41-22-24-43-25-23-42-21-12-32(40)44-34(13-14-34)15-17-36-30-26-31(38-33(37-30)29-9-5-6-16-35-29)39-18-10-27-7-3-4-8-28(27)11-19-39/h3-9,16,26H,2,10-15,17-25H2,1H3,(H,36,37,38). The summed E-state index contributed by atoms with van der Waals surface area (Å²) >= 11 is 0. The van der Waals surface area contributed by atoms with Crippen LogP contribution < -0.4 is 10.2 Å². The molecule has 0 amide bonds. The second-order valence-electron chi connectivity index (χ2n) is 11.3. The van der Waals surface area contributed by atoms with Crippen LogP contribution in [0.2, 0.25) is 0 Å². The quantitative estimate of drug-likeness (QED) is 0.160. The van der Waals surface area contributed by atoms with Crippen LogP contribution in [-0.4, -0.2) is 85.8 Å². The number of aromatic nitrogens is 3. The Morgan fingerprint density at radius 2 is 1.57 bits per heavy atom. The Kier molecular flexibility index (Phi) is 11.9. The minimum Gasteiger partial charge on any atom is -0.459 e. The zero-order valence-corrected chi connectivity index (χ0v) is 25.8. The van der Waals surface area contributed by atoms with Crippen molar-refractivity contribution < 1.29 is 23.7 Å². The van der Waals surface area contributed by atoms with E-state index in [1.807, 2.05) is 24.3 Å². The molecule has 2 aromatic heterocycles. The normalized spacial score (nSPS) is 15.3. The van der Waals surface area contributed by atoms with Crippen LogP contribution >= 0.6 is 0 Å². The monoisotopic (exact) mass is 603 g/mol. The Bertz CT molecular complexity index is 1290. The summed E-state index contributed by atoms with van der Waals surface area (Å²) in [5.41, 5.74) is 3.14. The van der Waals surface area contributed by atoms with Crippen LogP contribution in [0.15, 0.2) is 54.7 Å². The predicted octanol–water partition coefficient (Wildman–Crippen LogP) is 4.87. The van der Waals surface area contributed by atoms with Crippen LogP contribution in [0.25, 0.3) is 11.5 Å². The fourth-order valence-corrected chi connectivity index (χ4v) is 5.29. The van der Waals surface area contributed by atoms with Crippen molar-refractivity contribution in [3.05, 3.63) is 65.9 Å². The van der Waals surface area contributed by atoms with E-state index in [9.17, 15) is 4.79 Å². The first-order chi connectivity index (χ1) is 21.6. The molecule has 10 heteroatoms. The fraction of sp³-hybridized carbons (Fsp3) is 0.529. The molecule has 0 spiro atoms. The third-order valence-corrected chi connectivity index (χ3v) is 7.92. The lowest BCUT2D eigenvalue weighted by Gasteiger charge is -2.23. The first kappa shape index (κ1) is 31.8. The van der Waals surface area contributed by atoms with Crippen LogP contribution in [-0.2, 0) is 36.6 Å². The average Bonchev–Trinajstić information content (AvgIpc) is 3.84. The van der Waals surface area contributed by atoms with Gasteiger partial charge in [-0.2, -0.15) is 0 Å². The Balaban J connectivity index is 1.10. The Labute approximate surface area is 260 Å². The van der Waals surface area contributed by atoms with E-state index in [-0.39, 0.29) is 12.4 Å². The van der Waals surface area contributed by atoms with Crippen molar-refractivity contribution in [3.63, 3.8) is 0 Å². The van der Waals surface area contributed by atoms with Gasteiger partial charge >= 0.3 is 5.97 Å². The van der Waals surface area contributed by atoms with Gasteiger partial charge in [0, 0.05) is 44.9 Å². The number of anilines is 2. The van der Waals surface area contributed by atoms with Crippen molar-refractivity contribution in [2.75, 3.05) is 69.5 Å². The number of pyridine rings is 1. The van der Waals surface area contributed by atoms with Crippen LogP contribution in [0.1, 0.15) is 50.2 Å². The number of rotatable bonds is 18. The highest BCUT2D eigenvalue weighted by molar-refractivity contribution is 5.70. The molecule has 0 atom stereocenters. The number of esters is 1. The predicted molar refractivity (Wildman–Crippen MR) is 170 cm³/mol. The molecule has 0 saturated heterocycles. The minimum absolute atomic E-state index is 0.222. The number of nitrogens with one attached hydrogen (secondary N) is 1. The van der Waals surface area contributed by atoms with Crippen molar-refractivity contribution >= 4 is 17.6 Å². The van der Waals surface area contributed by atoms with Crippen molar-refractivity contribution in [2.45, 2.75) is 57.5 Å². The van der Waals surface area contributed by atoms with Crippen molar-refractivity contribution in [1.29, 1.82) is 0 Å². The summed E-state index contributed by atoms with van der Waals surface area (Å²) in [6, 6.07) is 16.5. The summed E-state index contributed by atoms with van der Waals surface area (Å²) in [4.78, 5) is 29.0. The van der Waals surface area contributed by atoms with Crippen LogP contribution in [0.5, 0.6) is 0 Å². The largest absolute Gasteiger partial charge is 0.459 e. The zero-order chi connectivity index (χ0) is 30.5. The number of hydrogen-bond donors (Lipinski definition) is 1. The van der Waals surface area contributed by atoms with Crippen LogP contribution in [0, 0.1) is 0 Å². The van der Waals surface area contributed by atoms with E-state index in [4.69, 9.17) is 28.9 Å². The summed E-state index contributed by atoms with van der Waals surface area (Å²) in [7, 11) is 0. The van der Waals surface area contributed by atoms with Crippen LogP contribution in [0.3, 0.4) is 0 Å². The van der Waals surface area contributed by atoms with Gasteiger partial charge < -0.3 is 29.2 Å². The molecule has 2 aliphatic rings. The summed E-state index contributed by atoms with van der Waals surface area (Å²) in [5, 5.41) is 3.48. The molecule has 0 radical (unpaired) electrons. The number of carbonyl (C=O) groups is 1. The Hall–Kier alpha value is -3.60. The summed E-state index contributed by atoms with van der Waals surface area (Å²) in [5.74, 6) is 2.00. The van der Waals surface area contributed by atoms with E-state index < -0.39 is 5.60 Å². The van der Waals surface area contributed by atoms with Gasteiger partial charge in [0.25, 0.3) is 0 Å². The molecule has 1 aromatic carbocycles. The van der Waals surface area contributed by atoms with E-state index in [2.05, 4.69) is 46.4 Å². The number of carbonyl (C=O) groups excluding carboxylic acids is 1. The molecule has 1 fully saturated rings. The van der Waals surface area contributed by atoms with E-state index in [1.165, 1.54) is 11.1 Å². The SMILES string of the molecule is CCCOCCOCCOCCC(=O)OC1(CCNc2cc(N3CCc4ccccc4CC3)nc(-c3ccccn3)n2)CC1. The molecule has 3 heterocycles. The number of hydrogen-bond acceptors (Lipinski definition) is 10. The highest BCUT2D eigenvalue weighted by Crippen LogP contribution is 2.43. The topological polar surface area (TPSA) is 108 Å². The number of benzene rings is 1. The van der Waals surface area contributed by atoms with Gasteiger partial charge in [0.2, 0.25) is 0 Å². The smallest absolute Gasteiger partial charge is 0.308 e. The van der Waals surface area contributed by atoms with E-state index >= 15 is 0 Å². The number of fused-ring (bicyclic) bond motifs is 1. The van der Waals surface area contributed by atoms with E-state index in [1.54, 1.807) is 6.20 Å². The maximum absolute atomic E-state index is 12.5. The molecule has 0 unspecified atom stereocenters. The van der Waals surface area contributed by atoms with Crippen LogP contribution in [0.4, 0.5) is 11.6 Å². The maximum atomic E-state index is 12.5. The Morgan fingerprint density at radius 3 is 2.23 bits per heavy atom. The molecule has 44 heavy (non-hydrogen) atoms. The molecule has 1 aliphatic carbocycles. The summed E-state index contributed by atoms with van der Waals surface area (Å²) in [6.45, 7) is 7.63.